The van der Waals surface area contributed by atoms with Crippen molar-refractivity contribution in [3.63, 3.8) is 0 Å². The van der Waals surface area contributed by atoms with Crippen LogP contribution in [0.4, 0.5) is 0 Å². The Balaban J connectivity index is 2.45. The maximum Gasteiger partial charge on any atom is 0.328 e. The second kappa shape index (κ2) is 9.02. The maximum atomic E-state index is 11.9. The topological polar surface area (TPSA) is 84.5 Å². The van der Waals surface area contributed by atoms with Gasteiger partial charge in [0, 0.05) is 5.57 Å². The Morgan fingerprint density at radius 2 is 2.05 bits per heavy atom. The molecule has 0 saturated heterocycles. The van der Waals surface area contributed by atoms with Crippen molar-refractivity contribution in [2.24, 2.45) is 5.92 Å². The second-order valence-electron chi connectivity index (χ2n) is 5.51. The van der Waals surface area contributed by atoms with E-state index < -0.39 is 17.9 Å². The monoisotopic (exact) mass is 308 g/mol. The molecular formula is C16H24N2O4. The van der Waals surface area contributed by atoms with Crippen LogP contribution in [0.25, 0.3) is 0 Å². The number of hydrogen-bond acceptors (Lipinski definition) is 4. The van der Waals surface area contributed by atoms with E-state index >= 15 is 0 Å². The molecule has 2 N–H and O–H groups in total. The van der Waals surface area contributed by atoms with Gasteiger partial charge in [0.25, 0.3) is 0 Å². The third kappa shape index (κ3) is 6.11. The fourth-order valence-electron chi connectivity index (χ4n) is 2.06. The van der Waals surface area contributed by atoms with Crippen LogP contribution in [0.2, 0.25) is 0 Å². The third-order valence-corrected chi connectivity index (χ3v) is 3.09. The number of carbonyl (C=O) groups is 3. The van der Waals surface area contributed by atoms with Gasteiger partial charge < -0.3 is 15.4 Å². The number of carbonyl (C=O) groups excluding carboxylic acids is 3. The molecule has 0 aromatic rings. The fourth-order valence-corrected chi connectivity index (χ4v) is 2.06. The summed E-state index contributed by atoms with van der Waals surface area (Å²) in [5.74, 6) is -0.882. The number of nitrogens with one attached hydrogen (secondary N) is 2. The molecule has 122 valence electrons. The summed E-state index contributed by atoms with van der Waals surface area (Å²) in [7, 11) is 0. The number of hydrogen-bond donors (Lipinski definition) is 2. The van der Waals surface area contributed by atoms with Gasteiger partial charge in [0.1, 0.15) is 6.04 Å². The lowest BCUT2D eigenvalue weighted by atomic mass is 10.0. The van der Waals surface area contributed by atoms with Gasteiger partial charge in [-0.05, 0) is 25.7 Å². The van der Waals surface area contributed by atoms with Gasteiger partial charge in [-0.1, -0.05) is 32.1 Å². The Kier molecular flexibility index (Phi) is 7.36. The predicted molar refractivity (Wildman–Crippen MR) is 82.9 cm³/mol. The molecule has 1 aliphatic rings. The summed E-state index contributed by atoms with van der Waals surface area (Å²) in [4.78, 5) is 35.5. The molecule has 0 spiro atoms. The molecule has 0 radical (unpaired) electrons. The highest BCUT2D eigenvalue weighted by Gasteiger charge is 2.23. The highest BCUT2D eigenvalue weighted by atomic mass is 16.5. The smallest absolute Gasteiger partial charge is 0.328 e. The van der Waals surface area contributed by atoms with Gasteiger partial charge in [0.15, 0.2) is 0 Å². The van der Waals surface area contributed by atoms with Crippen LogP contribution in [-0.4, -0.2) is 37.0 Å². The summed E-state index contributed by atoms with van der Waals surface area (Å²) in [5, 5.41) is 5.16. The summed E-state index contributed by atoms with van der Waals surface area (Å²) < 4.78 is 4.95. The number of esters is 1. The van der Waals surface area contributed by atoms with Crippen molar-refractivity contribution in [1.29, 1.82) is 0 Å². The van der Waals surface area contributed by atoms with Crippen LogP contribution in [0.15, 0.2) is 23.8 Å². The average molecular weight is 308 g/mol. The molecule has 0 aromatic heterocycles. The van der Waals surface area contributed by atoms with Gasteiger partial charge in [-0.2, -0.15) is 0 Å². The molecule has 1 aliphatic carbocycles. The standard InChI is InChI=1S/C16H24N2O4/c1-4-22-16(21)13(9-11(2)3)18-14(19)10-17-15(20)12-7-5-6-8-12/h5-7,11,13H,4,8-10H2,1-3H3,(H,17,20)(H,18,19)/t13-/m0/s1. The highest BCUT2D eigenvalue weighted by Crippen LogP contribution is 2.09. The zero-order valence-corrected chi connectivity index (χ0v) is 13.3. The van der Waals surface area contributed by atoms with Gasteiger partial charge in [0.05, 0.1) is 13.2 Å². The van der Waals surface area contributed by atoms with Crippen LogP contribution < -0.4 is 10.6 Å². The first kappa shape index (κ1) is 17.9. The van der Waals surface area contributed by atoms with Crippen molar-refractivity contribution in [2.75, 3.05) is 13.2 Å². The molecule has 22 heavy (non-hydrogen) atoms. The van der Waals surface area contributed by atoms with E-state index in [-0.39, 0.29) is 25.0 Å². The van der Waals surface area contributed by atoms with Crippen LogP contribution in [0.3, 0.4) is 0 Å². The summed E-state index contributed by atoms with van der Waals surface area (Å²) in [6, 6.07) is -0.684. The van der Waals surface area contributed by atoms with E-state index in [4.69, 9.17) is 4.74 Å². The molecule has 0 bridgehead atoms. The minimum Gasteiger partial charge on any atom is -0.464 e. The first-order valence-corrected chi connectivity index (χ1v) is 7.54. The molecule has 6 heteroatoms. The van der Waals surface area contributed by atoms with Gasteiger partial charge in [-0.25, -0.2) is 4.79 Å². The van der Waals surface area contributed by atoms with Crippen molar-refractivity contribution < 1.29 is 19.1 Å². The van der Waals surface area contributed by atoms with Crippen LogP contribution in [0.5, 0.6) is 0 Å². The number of ether oxygens (including phenoxy) is 1. The number of allylic oxidation sites excluding steroid dienone is 3. The van der Waals surface area contributed by atoms with E-state index in [1.165, 1.54) is 0 Å². The SMILES string of the molecule is CCOC(=O)[C@H](CC(C)C)NC(=O)CNC(=O)C1=CC=CC1. The Hall–Kier alpha value is -2.11. The van der Waals surface area contributed by atoms with E-state index in [0.717, 1.165) is 0 Å². The van der Waals surface area contributed by atoms with Crippen LogP contribution in [0.1, 0.15) is 33.6 Å². The van der Waals surface area contributed by atoms with E-state index in [1.54, 1.807) is 19.1 Å². The predicted octanol–water partition coefficient (Wildman–Crippen LogP) is 1.08. The first-order chi connectivity index (χ1) is 10.4. The highest BCUT2D eigenvalue weighted by molar-refractivity contribution is 5.97. The summed E-state index contributed by atoms with van der Waals surface area (Å²) in [5.41, 5.74) is 0.622. The molecular weight excluding hydrogens is 284 g/mol. The summed E-state index contributed by atoms with van der Waals surface area (Å²) in [6.45, 7) is 5.74. The van der Waals surface area contributed by atoms with Gasteiger partial charge in [-0.3, -0.25) is 9.59 Å². The van der Waals surface area contributed by atoms with E-state index in [2.05, 4.69) is 10.6 Å². The first-order valence-electron chi connectivity index (χ1n) is 7.54. The van der Waals surface area contributed by atoms with Gasteiger partial charge >= 0.3 is 5.97 Å². The molecule has 0 saturated carbocycles. The zero-order valence-electron chi connectivity index (χ0n) is 13.3. The van der Waals surface area contributed by atoms with Crippen molar-refractivity contribution >= 4 is 17.8 Å². The Bertz CT molecular complexity index is 481. The molecule has 0 fully saturated rings. The molecule has 0 unspecified atom stereocenters. The quantitative estimate of drug-likeness (QED) is 0.657. The Morgan fingerprint density at radius 3 is 2.59 bits per heavy atom. The normalized spacial score (nSPS) is 14.5. The van der Waals surface area contributed by atoms with Crippen molar-refractivity contribution in [1.82, 2.24) is 10.6 Å². The second-order valence-corrected chi connectivity index (χ2v) is 5.51. The minimum absolute atomic E-state index is 0.163. The minimum atomic E-state index is -0.684. The molecule has 0 heterocycles. The van der Waals surface area contributed by atoms with Gasteiger partial charge in [-0.15, -0.1) is 0 Å². The van der Waals surface area contributed by atoms with Crippen molar-refractivity contribution in [2.45, 2.75) is 39.7 Å². The molecule has 1 atom stereocenters. The zero-order chi connectivity index (χ0) is 16.5. The molecule has 0 aliphatic heterocycles. The summed E-state index contributed by atoms with van der Waals surface area (Å²) in [6.07, 6.45) is 6.45. The van der Waals surface area contributed by atoms with E-state index in [9.17, 15) is 14.4 Å². The third-order valence-electron chi connectivity index (χ3n) is 3.09. The lowest BCUT2D eigenvalue weighted by Crippen LogP contribution is -2.46. The van der Waals surface area contributed by atoms with Gasteiger partial charge in [0.2, 0.25) is 11.8 Å². The molecule has 1 rings (SSSR count). The van der Waals surface area contributed by atoms with Crippen LogP contribution >= 0.6 is 0 Å². The van der Waals surface area contributed by atoms with E-state index in [1.807, 2.05) is 19.9 Å². The van der Waals surface area contributed by atoms with E-state index in [0.29, 0.717) is 18.4 Å². The number of amides is 2. The molecule has 0 aromatic carbocycles. The Morgan fingerprint density at radius 1 is 1.32 bits per heavy atom. The average Bonchev–Trinajstić information content (AvgIpc) is 2.98. The van der Waals surface area contributed by atoms with Crippen LogP contribution in [0, 0.1) is 5.92 Å². The fraction of sp³-hybridized carbons (Fsp3) is 0.562. The summed E-state index contributed by atoms with van der Waals surface area (Å²) >= 11 is 0. The van der Waals surface area contributed by atoms with Crippen molar-refractivity contribution in [3.05, 3.63) is 23.8 Å². The molecule has 6 nitrogen and oxygen atoms in total. The molecule has 2 amide bonds. The van der Waals surface area contributed by atoms with Crippen molar-refractivity contribution in [3.8, 4) is 0 Å². The maximum absolute atomic E-state index is 11.9. The largest absolute Gasteiger partial charge is 0.464 e. The number of rotatable bonds is 8. The lowest BCUT2D eigenvalue weighted by Gasteiger charge is -2.19. The lowest BCUT2D eigenvalue weighted by molar-refractivity contribution is -0.147. The Labute approximate surface area is 131 Å². The van der Waals surface area contributed by atoms with Crippen LogP contribution in [-0.2, 0) is 19.1 Å².